The molecular formula is C11H11F3. The van der Waals surface area contributed by atoms with Crippen LogP contribution in [0.25, 0.3) is 0 Å². The summed E-state index contributed by atoms with van der Waals surface area (Å²) in [4.78, 5) is 0. The van der Waals surface area contributed by atoms with Crippen LogP contribution in [0.2, 0.25) is 0 Å². The maximum absolute atomic E-state index is 12.5. The van der Waals surface area contributed by atoms with Crippen LogP contribution in [-0.4, -0.2) is 0 Å². The molecule has 0 spiro atoms. The van der Waals surface area contributed by atoms with E-state index in [-0.39, 0.29) is 0 Å². The first-order valence-electron chi connectivity index (χ1n) is 4.67. The maximum Gasteiger partial charge on any atom is 0.416 e. The van der Waals surface area contributed by atoms with Crippen molar-refractivity contribution in [3.63, 3.8) is 0 Å². The zero-order valence-corrected chi connectivity index (χ0v) is 7.86. The molecule has 1 aliphatic rings. The standard InChI is InChI=1S/C11H11F3/c1-7-9(8-5-6-8)3-2-4-10(7)11(12,13)14/h2-4,8H,5-6H2,1H3. The third-order valence-corrected chi connectivity index (χ3v) is 2.70. The van der Waals surface area contributed by atoms with E-state index in [9.17, 15) is 13.2 Å². The zero-order chi connectivity index (χ0) is 10.3. The Morgan fingerprint density at radius 1 is 1.21 bits per heavy atom. The van der Waals surface area contributed by atoms with Gasteiger partial charge in [0.15, 0.2) is 0 Å². The highest BCUT2D eigenvalue weighted by atomic mass is 19.4. The summed E-state index contributed by atoms with van der Waals surface area (Å²) in [5, 5.41) is 0. The summed E-state index contributed by atoms with van der Waals surface area (Å²) in [6.45, 7) is 1.57. The van der Waals surface area contributed by atoms with E-state index in [4.69, 9.17) is 0 Å². The summed E-state index contributed by atoms with van der Waals surface area (Å²) in [6, 6.07) is 4.47. The van der Waals surface area contributed by atoms with Gasteiger partial charge in [-0.2, -0.15) is 13.2 Å². The highest BCUT2D eigenvalue weighted by molar-refractivity contribution is 5.39. The molecule has 0 N–H and O–H groups in total. The topological polar surface area (TPSA) is 0 Å². The van der Waals surface area contributed by atoms with E-state index in [1.54, 1.807) is 6.92 Å². The molecule has 0 heterocycles. The van der Waals surface area contributed by atoms with Crippen LogP contribution in [0.15, 0.2) is 18.2 Å². The van der Waals surface area contributed by atoms with Gasteiger partial charge in [0, 0.05) is 0 Å². The first-order chi connectivity index (χ1) is 6.50. The predicted molar refractivity (Wildman–Crippen MR) is 48.2 cm³/mol. The molecule has 2 rings (SSSR count). The molecule has 3 heteroatoms. The molecular weight excluding hydrogens is 189 g/mol. The fraction of sp³-hybridized carbons (Fsp3) is 0.455. The second-order valence-corrected chi connectivity index (χ2v) is 3.79. The fourth-order valence-electron chi connectivity index (χ4n) is 1.80. The summed E-state index contributed by atoms with van der Waals surface area (Å²) in [7, 11) is 0. The van der Waals surface area contributed by atoms with Gasteiger partial charge in [0.25, 0.3) is 0 Å². The number of rotatable bonds is 1. The van der Waals surface area contributed by atoms with Gasteiger partial charge in [-0.3, -0.25) is 0 Å². The highest BCUT2D eigenvalue weighted by Gasteiger charge is 2.35. The molecule has 0 bridgehead atoms. The number of alkyl halides is 3. The molecule has 0 nitrogen and oxygen atoms in total. The average molecular weight is 200 g/mol. The monoisotopic (exact) mass is 200 g/mol. The molecule has 0 saturated heterocycles. The molecule has 0 amide bonds. The van der Waals surface area contributed by atoms with Crippen molar-refractivity contribution >= 4 is 0 Å². The van der Waals surface area contributed by atoms with E-state index in [1.165, 1.54) is 6.07 Å². The van der Waals surface area contributed by atoms with Crippen molar-refractivity contribution < 1.29 is 13.2 Å². The van der Waals surface area contributed by atoms with Gasteiger partial charge in [-0.05, 0) is 42.9 Å². The molecule has 0 aromatic heterocycles. The van der Waals surface area contributed by atoms with Gasteiger partial charge in [-0.25, -0.2) is 0 Å². The first kappa shape index (κ1) is 9.56. The lowest BCUT2D eigenvalue weighted by atomic mass is 9.99. The lowest BCUT2D eigenvalue weighted by Gasteiger charge is -2.13. The molecule has 1 saturated carbocycles. The quantitative estimate of drug-likeness (QED) is 0.645. The smallest absolute Gasteiger partial charge is 0.166 e. The molecule has 0 aliphatic heterocycles. The molecule has 1 aromatic carbocycles. The lowest BCUT2D eigenvalue weighted by Crippen LogP contribution is -2.08. The van der Waals surface area contributed by atoms with Gasteiger partial charge in [0.1, 0.15) is 0 Å². The van der Waals surface area contributed by atoms with Gasteiger partial charge in [-0.15, -0.1) is 0 Å². The number of halogens is 3. The molecule has 76 valence electrons. The van der Waals surface area contributed by atoms with Crippen LogP contribution in [-0.2, 0) is 6.18 Å². The predicted octanol–water partition coefficient (Wildman–Crippen LogP) is 3.89. The van der Waals surface area contributed by atoms with Crippen molar-refractivity contribution in [1.29, 1.82) is 0 Å². The van der Waals surface area contributed by atoms with Gasteiger partial charge < -0.3 is 0 Å². The minimum atomic E-state index is -4.21. The largest absolute Gasteiger partial charge is 0.416 e. The summed E-state index contributed by atoms with van der Waals surface area (Å²) in [5.41, 5.74) is 0.796. The Balaban J connectivity index is 2.46. The van der Waals surface area contributed by atoms with Crippen molar-refractivity contribution in [3.8, 4) is 0 Å². The normalized spacial score (nSPS) is 17.1. The van der Waals surface area contributed by atoms with Crippen LogP contribution in [0, 0.1) is 6.92 Å². The van der Waals surface area contributed by atoms with Crippen LogP contribution in [0.5, 0.6) is 0 Å². The summed E-state index contributed by atoms with van der Waals surface area (Å²) >= 11 is 0. The highest BCUT2D eigenvalue weighted by Crippen LogP contribution is 2.44. The first-order valence-corrected chi connectivity index (χ1v) is 4.67. The molecule has 0 unspecified atom stereocenters. The van der Waals surface area contributed by atoms with Crippen LogP contribution in [0.3, 0.4) is 0 Å². The van der Waals surface area contributed by atoms with Gasteiger partial charge in [0.2, 0.25) is 0 Å². The third kappa shape index (κ3) is 1.63. The van der Waals surface area contributed by atoms with Crippen molar-refractivity contribution in [2.24, 2.45) is 0 Å². The van der Waals surface area contributed by atoms with E-state index in [0.717, 1.165) is 24.5 Å². The SMILES string of the molecule is Cc1c(C2CC2)cccc1C(F)(F)F. The molecule has 0 atom stereocenters. The van der Waals surface area contributed by atoms with E-state index in [1.807, 2.05) is 6.07 Å². The Labute approximate surface area is 80.7 Å². The van der Waals surface area contributed by atoms with Crippen LogP contribution >= 0.6 is 0 Å². The van der Waals surface area contributed by atoms with Crippen molar-refractivity contribution in [3.05, 3.63) is 34.9 Å². The van der Waals surface area contributed by atoms with Crippen LogP contribution < -0.4 is 0 Å². The van der Waals surface area contributed by atoms with Gasteiger partial charge in [-0.1, -0.05) is 12.1 Å². The second kappa shape index (κ2) is 3.01. The number of hydrogen-bond donors (Lipinski definition) is 0. The fourth-order valence-corrected chi connectivity index (χ4v) is 1.80. The average Bonchev–Trinajstić information content (AvgIpc) is 2.85. The lowest BCUT2D eigenvalue weighted by molar-refractivity contribution is -0.138. The number of benzene rings is 1. The zero-order valence-electron chi connectivity index (χ0n) is 7.86. The van der Waals surface area contributed by atoms with E-state index >= 15 is 0 Å². The Bertz CT molecular complexity index is 348. The molecule has 1 aromatic rings. The molecule has 0 radical (unpaired) electrons. The Morgan fingerprint density at radius 3 is 2.36 bits per heavy atom. The van der Waals surface area contributed by atoms with E-state index in [0.29, 0.717) is 11.5 Å². The minimum Gasteiger partial charge on any atom is -0.166 e. The summed E-state index contributed by atoms with van der Waals surface area (Å²) < 4.78 is 37.5. The van der Waals surface area contributed by atoms with Crippen LogP contribution in [0.4, 0.5) is 13.2 Å². The van der Waals surface area contributed by atoms with Crippen LogP contribution in [0.1, 0.15) is 35.4 Å². The molecule has 1 aliphatic carbocycles. The summed E-state index contributed by atoms with van der Waals surface area (Å²) in [5.74, 6) is 0.372. The third-order valence-electron chi connectivity index (χ3n) is 2.70. The summed E-state index contributed by atoms with van der Waals surface area (Å²) in [6.07, 6.45) is -2.15. The van der Waals surface area contributed by atoms with E-state index in [2.05, 4.69) is 0 Å². The van der Waals surface area contributed by atoms with Crippen molar-refractivity contribution in [2.75, 3.05) is 0 Å². The second-order valence-electron chi connectivity index (χ2n) is 3.79. The molecule has 1 fully saturated rings. The van der Waals surface area contributed by atoms with Gasteiger partial charge >= 0.3 is 6.18 Å². The van der Waals surface area contributed by atoms with Crippen molar-refractivity contribution in [2.45, 2.75) is 31.9 Å². The Morgan fingerprint density at radius 2 is 1.86 bits per heavy atom. The number of hydrogen-bond acceptors (Lipinski definition) is 0. The van der Waals surface area contributed by atoms with Gasteiger partial charge in [0.05, 0.1) is 5.56 Å². The molecule has 14 heavy (non-hydrogen) atoms. The van der Waals surface area contributed by atoms with Crippen molar-refractivity contribution in [1.82, 2.24) is 0 Å². The maximum atomic E-state index is 12.5. The minimum absolute atomic E-state index is 0.372. The Hall–Kier alpha value is -0.990. The Kier molecular flexibility index (Phi) is 2.05. The van der Waals surface area contributed by atoms with E-state index < -0.39 is 11.7 Å².